The van der Waals surface area contributed by atoms with E-state index in [0.29, 0.717) is 17.9 Å². The third kappa shape index (κ3) is 2.73. The summed E-state index contributed by atoms with van der Waals surface area (Å²) in [6.45, 7) is 0. The number of nitrogens with two attached hydrogens (primary N) is 1. The molecule has 3 N–H and O–H groups in total. The summed E-state index contributed by atoms with van der Waals surface area (Å²) in [4.78, 5) is 29.4. The standard InChI is InChI=1S/C24H19N5O2/c25-22(31)20-21(28-29-23(20)27-19(30)13-24(29)10-11-24)16-7-6-15-8-9-17(26-18(15)12-16)14-4-2-1-3-5-14/h1-9,12H,10-11,13H2,(H2,25,31)(H,27,30). The molecule has 31 heavy (non-hydrogen) atoms. The van der Waals surface area contributed by atoms with Crippen molar-refractivity contribution in [3.8, 4) is 22.5 Å². The van der Waals surface area contributed by atoms with E-state index in [1.165, 1.54) is 0 Å². The van der Waals surface area contributed by atoms with Gasteiger partial charge in [-0.05, 0) is 25.0 Å². The number of pyridine rings is 1. The second-order valence-electron chi connectivity index (χ2n) is 8.27. The molecule has 4 aromatic rings. The average molecular weight is 409 g/mol. The van der Waals surface area contributed by atoms with Gasteiger partial charge >= 0.3 is 0 Å². The van der Waals surface area contributed by atoms with Crippen LogP contribution in [-0.4, -0.2) is 26.6 Å². The normalized spacial score (nSPS) is 16.2. The Morgan fingerprint density at radius 3 is 2.55 bits per heavy atom. The fraction of sp³-hybridized carbons (Fsp3) is 0.167. The van der Waals surface area contributed by atoms with Crippen molar-refractivity contribution in [1.82, 2.24) is 14.8 Å². The van der Waals surface area contributed by atoms with Gasteiger partial charge in [0.1, 0.15) is 17.1 Å². The number of rotatable bonds is 3. The molecule has 0 unspecified atom stereocenters. The number of nitrogens with one attached hydrogen (secondary N) is 1. The van der Waals surface area contributed by atoms with Gasteiger partial charge in [0.15, 0.2) is 0 Å². The number of hydrogen-bond donors (Lipinski definition) is 2. The highest BCUT2D eigenvalue weighted by atomic mass is 16.2. The number of carbonyl (C=O) groups is 2. The summed E-state index contributed by atoms with van der Waals surface area (Å²) in [5, 5.41) is 8.55. The number of nitrogens with zero attached hydrogens (tertiary/aromatic N) is 3. The first-order valence-electron chi connectivity index (χ1n) is 10.2. The van der Waals surface area contributed by atoms with E-state index in [-0.39, 0.29) is 17.0 Å². The molecule has 0 radical (unpaired) electrons. The first kappa shape index (κ1) is 17.8. The maximum atomic E-state index is 12.4. The van der Waals surface area contributed by atoms with Crippen molar-refractivity contribution in [2.45, 2.75) is 24.8 Å². The van der Waals surface area contributed by atoms with Crippen LogP contribution in [0.15, 0.2) is 60.7 Å². The summed E-state index contributed by atoms with van der Waals surface area (Å²) in [6, 6.07) is 19.8. The zero-order chi connectivity index (χ0) is 21.2. The van der Waals surface area contributed by atoms with Gasteiger partial charge in [-0.25, -0.2) is 9.67 Å². The first-order chi connectivity index (χ1) is 15.0. The van der Waals surface area contributed by atoms with Gasteiger partial charge in [-0.1, -0.05) is 48.5 Å². The first-order valence-corrected chi connectivity index (χ1v) is 10.2. The van der Waals surface area contributed by atoms with Crippen LogP contribution < -0.4 is 11.1 Å². The number of anilines is 1. The van der Waals surface area contributed by atoms with Gasteiger partial charge in [-0.15, -0.1) is 0 Å². The van der Waals surface area contributed by atoms with E-state index in [1.54, 1.807) is 4.68 Å². The van der Waals surface area contributed by atoms with Gasteiger partial charge in [-0.2, -0.15) is 5.10 Å². The lowest BCUT2D eigenvalue weighted by molar-refractivity contribution is -0.117. The summed E-state index contributed by atoms with van der Waals surface area (Å²) >= 11 is 0. The van der Waals surface area contributed by atoms with Crippen LogP contribution in [0.2, 0.25) is 0 Å². The Morgan fingerprint density at radius 1 is 1.03 bits per heavy atom. The Morgan fingerprint density at radius 2 is 1.81 bits per heavy atom. The topological polar surface area (TPSA) is 103 Å². The van der Waals surface area contributed by atoms with Crippen molar-refractivity contribution >= 4 is 28.5 Å². The molecule has 7 heteroatoms. The second kappa shape index (κ2) is 6.25. The lowest BCUT2D eigenvalue weighted by Crippen LogP contribution is -2.34. The molecule has 3 heterocycles. The summed E-state index contributed by atoms with van der Waals surface area (Å²) in [5.74, 6) is -0.311. The molecule has 0 bridgehead atoms. The minimum absolute atomic E-state index is 0.105. The monoisotopic (exact) mass is 409 g/mol. The van der Waals surface area contributed by atoms with Crippen molar-refractivity contribution in [3.63, 3.8) is 0 Å². The quantitative estimate of drug-likeness (QED) is 0.538. The van der Waals surface area contributed by atoms with Crippen molar-refractivity contribution in [3.05, 3.63) is 66.2 Å². The molecule has 1 spiro atoms. The summed E-state index contributed by atoms with van der Waals surface area (Å²) in [7, 11) is 0. The number of amides is 2. The Labute approximate surface area is 177 Å². The minimum Gasteiger partial charge on any atom is -0.365 e. The highest BCUT2D eigenvalue weighted by Gasteiger charge is 2.52. The molecule has 152 valence electrons. The molecule has 1 aliphatic carbocycles. The molecule has 1 fully saturated rings. The van der Waals surface area contributed by atoms with E-state index in [4.69, 9.17) is 15.8 Å². The molecule has 0 saturated heterocycles. The smallest absolute Gasteiger partial charge is 0.254 e. The SMILES string of the molecule is NC(=O)c1c(-c2ccc3ccc(-c4ccccc4)nc3c2)nn2c1NC(=O)CC21CC1. The second-order valence-corrected chi connectivity index (χ2v) is 8.27. The molecular formula is C24H19N5O2. The lowest BCUT2D eigenvalue weighted by atomic mass is 10.0. The molecule has 0 atom stereocenters. The highest BCUT2D eigenvalue weighted by Crippen LogP contribution is 2.51. The fourth-order valence-corrected chi connectivity index (χ4v) is 4.43. The third-order valence-corrected chi connectivity index (χ3v) is 6.19. The minimum atomic E-state index is -0.611. The van der Waals surface area contributed by atoms with Crippen molar-refractivity contribution < 1.29 is 9.59 Å². The number of aromatic nitrogens is 3. The van der Waals surface area contributed by atoms with Crippen LogP contribution in [-0.2, 0) is 10.3 Å². The van der Waals surface area contributed by atoms with Crippen molar-refractivity contribution in [2.24, 2.45) is 5.73 Å². The lowest BCUT2D eigenvalue weighted by Gasteiger charge is -2.24. The number of hydrogen-bond acceptors (Lipinski definition) is 4. The van der Waals surface area contributed by atoms with Crippen molar-refractivity contribution in [2.75, 3.05) is 5.32 Å². The molecule has 6 rings (SSSR count). The Balaban J connectivity index is 1.52. The zero-order valence-corrected chi connectivity index (χ0v) is 16.6. The largest absolute Gasteiger partial charge is 0.365 e. The molecule has 7 nitrogen and oxygen atoms in total. The zero-order valence-electron chi connectivity index (χ0n) is 16.6. The number of primary amides is 1. The van der Waals surface area contributed by atoms with Gasteiger partial charge in [-0.3, -0.25) is 9.59 Å². The van der Waals surface area contributed by atoms with Crippen LogP contribution in [0.1, 0.15) is 29.6 Å². The van der Waals surface area contributed by atoms with Gasteiger partial charge in [0.25, 0.3) is 5.91 Å². The van der Waals surface area contributed by atoms with E-state index in [0.717, 1.165) is 40.6 Å². The average Bonchev–Trinajstić information content (AvgIpc) is 3.42. The highest BCUT2D eigenvalue weighted by molar-refractivity contribution is 6.08. The molecule has 2 aromatic carbocycles. The molecule has 2 aromatic heterocycles. The Bertz CT molecular complexity index is 1390. The number of benzene rings is 2. The maximum absolute atomic E-state index is 12.4. The predicted octanol–water partition coefficient (Wildman–Crippen LogP) is 3.70. The van der Waals surface area contributed by atoms with Gasteiger partial charge in [0.2, 0.25) is 5.91 Å². The summed E-state index contributed by atoms with van der Waals surface area (Å²) in [5.41, 5.74) is 9.57. The number of carbonyl (C=O) groups excluding carboxylic acids is 2. The van der Waals surface area contributed by atoms with Crippen LogP contribution in [0, 0.1) is 0 Å². The Kier molecular flexibility index (Phi) is 3.59. The van der Waals surface area contributed by atoms with Gasteiger partial charge in [0.05, 0.1) is 23.2 Å². The molecule has 2 amide bonds. The summed E-state index contributed by atoms with van der Waals surface area (Å²) < 4.78 is 1.79. The van der Waals surface area contributed by atoms with Crippen LogP contribution in [0.25, 0.3) is 33.4 Å². The van der Waals surface area contributed by atoms with E-state index in [1.807, 2.05) is 60.7 Å². The summed E-state index contributed by atoms with van der Waals surface area (Å²) in [6.07, 6.45) is 2.11. The molecule has 2 aliphatic rings. The van der Waals surface area contributed by atoms with Crippen LogP contribution >= 0.6 is 0 Å². The van der Waals surface area contributed by atoms with E-state index < -0.39 is 5.91 Å². The number of fused-ring (bicyclic) bond motifs is 3. The predicted molar refractivity (Wildman–Crippen MR) is 117 cm³/mol. The maximum Gasteiger partial charge on any atom is 0.254 e. The van der Waals surface area contributed by atoms with E-state index in [9.17, 15) is 9.59 Å². The molecular weight excluding hydrogens is 390 g/mol. The molecule has 1 saturated carbocycles. The van der Waals surface area contributed by atoms with E-state index >= 15 is 0 Å². The van der Waals surface area contributed by atoms with Crippen LogP contribution in [0.5, 0.6) is 0 Å². The van der Waals surface area contributed by atoms with Crippen LogP contribution in [0.3, 0.4) is 0 Å². The Hall–Kier alpha value is -4.00. The van der Waals surface area contributed by atoms with Gasteiger partial charge in [0, 0.05) is 16.5 Å². The van der Waals surface area contributed by atoms with Crippen LogP contribution in [0.4, 0.5) is 5.82 Å². The van der Waals surface area contributed by atoms with Gasteiger partial charge < -0.3 is 11.1 Å². The fourth-order valence-electron chi connectivity index (χ4n) is 4.43. The van der Waals surface area contributed by atoms with Crippen molar-refractivity contribution in [1.29, 1.82) is 0 Å². The molecule has 1 aliphatic heterocycles. The third-order valence-electron chi connectivity index (χ3n) is 6.19. The van der Waals surface area contributed by atoms with E-state index in [2.05, 4.69) is 5.32 Å².